The van der Waals surface area contributed by atoms with E-state index in [1.54, 1.807) is 0 Å². The molecule has 0 atom stereocenters. The Bertz CT molecular complexity index is 110. The zero-order chi connectivity index (χ0) is 8.41. The van der Waals surface area contributed by atoms with Crippen LogP contribution in [0.2, 0.25) is 19.6 Å². The van der Waals surface area contributed by atoms with Gasteiger partial charge in [0.15, 0.2) is 0 Å². The van der Waals surface area contributed by atoms with Crippen LogP contribution < -0.4 is 0 Å². The van der Waals surface area contributed by atoms with Crippen LogP contribution in [0.1, 0.15) is 0 Å². The molecule has 4 nitrogen and oxygen atoms in total. The molecule has 0 heterocycles. The summed E-state index contributed by atoms with van der Waals surface area (Å²) in [5, 5.41) is 0. The first kappa shape index (κ1) is 10.8. The average Bonchev–Trinajstić information content (AvgIpc) is 1.60. The summed E-state index contributed by atoms with van der Waals surface area (Å²) >= 11 is -4.22. The van der Waals surface area contributed by atoms with Crippen LogP contribution in [0.4, 0.5) is 0 Å². The normalized spacial score (nSPS) is 13.8. The zero-order valence-electron chi connectivity index (χ0n) is 6.71. The molecule has 0 aromatic rings. The van der Waals surface area contributed by atoms with Gasteiger partial charge in [-0.15, -0.1) is 0 Å². The van der Waals surface area contributed by atoms with Crippen molar-refractivity contribution in [3.05, 3.63) is 0 Å². The second kappa shape index (κ2) is 3.45. The van der Waals surface area contributed by atoms with Crippen LogP contribution in [0.15, 0.2) is 0 Å². The fraction of sp³-hybridized carbons (Fsp3) is 1.00. The molecule has 0 bridgehead atoms. The summed E-state index contributed by atoms with van der Waals surface area (Å²) in [7, 11) is -0.605. The fourth-order valence-electron chi connectivity index (χ4n) is 0.441. The average molecular weight is 202 g/mol. The number of hydrogen-bond acceptors (Lipinski definition) is 4. The Kier molecular flexibility index (Phi) is 3.71. The molecule has 0 aliphatic heterocycles. The first-order valence-corrected chi connectivity index (χ1v) is 9.05. The summed E-state index contributed by atoms with van der Waals surface area (Å²) in [6, 6.07) is 0. The van der Waals surface area contributed by atoms with Crippen molar-refractivity contribution in [2.75, 3.05) is 7.11 Å². The van der Waals surface area contributed by atoms with Crippen LogP contribution in [0, 0.1) is 0 Å². The van der Waals surface area contributed by atoms with Gasteiger partial charge in [-0.3, -0.25) is 0 Å². The second-order valence-corrected chi connectivity index (χ2v) is 10.7. The van der Waals surface area contributed by atoms with Crippen LogP contribution in [0.5, 0.6) is 0 Å². The van der Waals surface area contributed by atoms with E-state index < -0.39 is 26.5 Å². The minimum atomic E-state index is -4.22. The Labute approximate surface area is 67.2 Å². The van der Waals surface area contributed by atoms with Crippen molar-refractivity contribution < 1.29 is 31.8 Å². The van der Waals surface area contributed by atoms with Crippen molar-refractivity contribution in [3.8, 4) is 0 Å². The molecule has 6 heteroatoms. The molecule has 0 aromatic carbocycles. The van der Waals surface area contributed by atoms with Crippen LogP contribution >= 0.6 is 0 Å². The van der Waals surface area contributed by atoms with E-state index in [4.69, 9.17) is 10.4 Å². The molecule has 0 saturated carbocycles. The van der Waals surface area contributed by atoms with Gasteiger partial charge < -0.3 is 0 Å². The summed E-state index contributed by atoms with van der Waals surface area (Å²) in [6.45, 7) is 5.62. The molecule has 0 aromatic heterocycles. The van der Waals surface area contributed by atoms with Gasteiger partial charge in [-0.25, -0.2) is 0 Å². The molecular weight excluding hydrogens is 188 g/mol. The summed E-state index contributed by atoms with van der Waals surface area (Å²) in [5.41, 5.74) is 0. The van der Waals surface area contributed by atoms with E-state index in [0.717, 1.165) is 0 Å². The molecule has 2 N–H and O–H groups in total. The SMILES string of the molecule is C[O][Ti]([OH])([OH])[O][Si](C)(C)C. The van der Waals surface area contributed by atoms with Crippen molar-refractivity contribution in [2.45, 2.75) is 19.6 Å². The Balaban J connectivity index is 3.89. The molecule has 0 aliphatic rings. The minimum absolute atomic E-state index is 1.25. The molecule has 0 radical (unpaired) electrons. The Morgan fingerprint density at radius 1 is 1.20 bits per heavy atom. The van der Waals surface area contributed by atoms with Gasteiger partial charge in [0.2, 0.25) is 0 Å². The Morgan fingerprint density at radius 3 is 1.70 bits per heavy atom. The van der Waals surface area contributed by atoms with E-state index in [0.29, 0.717) is 0 Å². The molecule has 0 spiro atoms. The van der Waals surface area contributed by atoms with Crippen molar-refractivity contribution in [1.29, 1.82) is 0 Å². The molecule has 0 rings (SSSR count). The second-order valence-electron chi connectivity index (χ2n) is 2.97. The predicted molar refractivity (Wildman–Crippen MR) is 35.9 cm³/mol. The summed E-state index contributed by atoms with van der Waals surface area (Å²) in [5.74, 6) is 0. The Morgan fingerprint density at radius 2 is 1.60 bits per heavy atom. The molecule has 0 unspecified atom stereocenters. The van der Waals surface area contributed by atoms with Crippen molar-refractivity contribution in [1.82, 2.24) is 0 Å². The van der Waals surface area contributed by atoms with E-state index in [1.807, 2.05) is 19.6 Å². The molecule has 10 heavy (non-hydrogen) atoms. The molecule has 0 amide bonds. The van der Waals surface area contributed by atoms with E-state index in [2.05, 4.69) is 3.32 Å². The standard InChI is InChI=1S/C3H9OSi.CH3O.2H2O.Ti/c1-5(2,3)4;1-2;;;/h1-3H3;1H3;2*1H2;/q2*-1;;;+4/p-2. The third-order valence-electron chi connectivity index (χ3n) is 0.705. The quantitative estimate of drug-likeness (QED) is 0.645. The molecule has 62 valence electrons. The monoisotopic (exact) mass is 202 g/mol. The first-order chi connectivity index (χ1) is 4.27. The van der Waals surface area contributed by atoms with Gasteiger partial charge in [0.25, 0.3) is 0 Å². The van der Waals surface area contributed by atoms with Crippen molar-refractivity contribution in [2.24, 2.45) is 0 Å². The van der Waals surface area contributed by atoms with Gasteiger partial charge in [-0.05, 0) is 0 Å². The van der Waals surface area contributed by atoms with Gasteiger partial charge in [-0.2, -0.15) is 0 Å². The van der Waals surface area contributed by atoms with Crippen LogP contribution in [0.3, 0.4) is 0 Å². The van der Waals surface area contributed by atoms with E-state index >= 15 is 0 Å². The van der Waals surface area contributed by atoms with Crippen molar-refractivity contribution in [3.63, 3.8) is 0 Å². The fourth-order valence-corrected chi connectivity index (χ4v) is 5.45. The number of rotatable bonds is 3. The van der Waals surface area contributed by atoms with E-state index in [9.17, 15) is 0 Å². The summed E-state index contributed by atoms with van der Waals surface area (Å²) in [4.78, 5) is 0. The zero-order valence-corrected chi connectivity index (χ0v) is 9.27. The van der Waals surface area contributed by atoms with Crippen LogP contribution in [-0.4, -0.2) is 22.8 Å². The van der Waals surface area contributed by atoms with E-state index in [-0.39, 0.29) is 0 Å². The maximum absolute atomic E-state index is 8.99. The van der Waals surface area contributed by atoms with Gasteiger partial charge in [0, 0.05) is 0 Å². The van der Waals surface area contributed by atoms with Crippen LogP contribution in [0.25, 0.3) is 0 Å². The molecule has 0 aliphatic carbocycles. The molecule has 0 saturated heterocycles. The third-order valence-corrected chi connectivity index (χ3v) is 6.53. The maximum atomic E-state index is 8.99. The van der Waals surface area contributed by atoms with Gasteiger partial charge in [0.1, 0.15) is 0 Å². The van der Waals surface area contributed by atoms with E-state index in [1.165, 1.54) is 7.11 Å². The first-order valence-electron chi connectivity index (χ1n) is 2.97. The van der Waals surface area contributed by atoms with Crippen LogP contribution in [-0.2, 0) is 24.5 Å². The van der Waals surface area contributed by atoms with Gasteiger partial charge >= 0.3 is 66.9 Å². The molecular formula is C4H14O4SiTi. The van der Waals surface area contributed by atoms with Gasteiger partial charge in [-0.1, -0.05) is 0 Å². The topological polar surface area (TPSA) is 58.9 Å². The molecule has 0 fully saturated rings. The van der Waals surface area contributed by atoms with Crippen molar-refractivity contribution >= 4 is 8.32 Å². The predicted octanol–water partition coefficient (Wildman–Crippen LogP) is 0.283. The third kappa shape index (κ3) is 5.55. The summed E-state index contributed by atoms with van der Waals surface area (Å²) in [6.07, 6.45) is 0. The van der Waals surface area contributed by atoms with Gasteiger partial charge in [0.05, 0.1) is 0 Å². The summed E-state index contributed by atoms with van der Waals surface area (Å²) < 4.78 is 27.4. The number of hydrogen-bond donors (Lipinski definition) is 2. The Hall–Kier alpha value is 0.771.